The first-order valence-corrected chi connectivity index (χ1v) is 28.7. The Bertz CT molecular complexity index is 4660. The van der Waals surface area contributed by atoms with Crippen molar-refractivity contribution in [3.05, 3.63) is 317 Å². The fourth-order valence-corrected chi connectivity index (χ4v) is 15.1. The number of benzene rings is 13. The van der Waals surface area contributed by atoms with E-state index >= 15 is 0 Å². The van der Waals surface area contributed by atoms with Gasteiger partial charge in [-0.15, -0.1) is 0 Å². The standard InChI is InChI=1S/C80H59N/c1-50-31-42-63-65-44-41-59(49-75(65)79(4,5)73(63)45-50)81(58-40-43-64-60-21-13-16-28-70(60)78(2,3)74(64)48-58)57-39-36-52-46-54(33-32-53(52)47-57)77-68-26-11-9-24-66(68)76(67-25-10-12-27-69(67)77)51-34-37-56(38-35-51)80(55-19-7-6-8-20-55)71-29-17-14-22-61(71)62-23-15-18-30-72(62)80/h6-49H,1-5H3. The van der Waals surface area contributed by atoms with E-state index in [1.54, 1.807) is 0 Å². The molecule has 0 fully saturated rings. The fourth-order valence-electron chi connectivity index (χ4n) is 15.1. The van der Waals surface area contributed by atoms with E-state index in [2.05, 4.69) is 306 Å². The molecule has 0 saturated carbocycles. The van der Waals surface area contributed by atoms with Crippen molar-refractivity contribution in [3.8, 4) is 55.6 Å². The van der Waals surface area contributed by atoms with Gasteiger partial charge in [0.15, 0.2) is 0 Å². The summed E-state index contributed by atoms with van der Waals surface area (Å²) in [6.45, 7) is 11.7. The van der Waals surface area contributed by atoms with Gasteiger partial charge in [0.1, 0.15) is 0 Å². The van der Waals surface area contributed by atoms with Crippen LogP contribution in [0.15, 0.2) is 267 Å². The van der Waals surface area contributed by atoms with Gasteiger partial charge in [0.25, 0.3) is 0 Å². The lowest BCUT2D eigenvalue weighted by Crippen LogP contribution is -2.28. The minimum Gasteiger partial charge on any atom is -0.310 e. The molecular formula is C80H59N. The first-order valence-electron chi connectivity index (χ1n) is 28.7. The molecule has 3 aliphatic carbocycles. The molecule has 1 nitrogen and oxygen atoms in total. The summed E-state index contributed by atoms with van der Waals surface area (Å²) in [4.78, 5) is 2.50. The van der Waals surface area contributed by atoms with Gasteiger partial charge < -0.3 is 4.90 Å². The van der Waals surface area contributed by atoms with Crippen molar-refractivity contribution in [1.82, 2.24) is 0 Å². The molecule has 81 heavy (non-hydrogen) atoms. The van der Waals surface area contributed by atoms with Crippen LogP contribution in [0.25, 0.3) is 88.0 Å². The van der Waals surface area contributed by atoms with Crippen molar-refractivity contribution in [1.29, 1.82) is 0 Å². The second-order valence-corrected chi connectivity index (χ2v) is 24.0. The van der Waals surface area contributed by atoms with E-state index in [0.717, 1.165) is 17.1 Å². The van der Waals surface area contributed by atoms with Crippen molar-refractivity contribution in [3.63, 3.8) is 0 Å². The molecule has 0 aromatic heterocycles. The molecule has 0 N–H and O–H groups in total. The molecule has 0 aliphatic heterocycles. The molecule has 0 bridgehead atoms. The molecule has 3 aliphatic rings. The van der Waals surface area contributed by atoms with Crippen LogP contribution in [0.3, 0.4) is 0 Å². The average molecular weight is 1030 g/mol. The number of anilines is 3. The van der Waals surface area contributed by atoms with Gasteiger partial charge in [-0.25, -0.2) is 0 Å². The van der Waals surface area contributed by atoms with Gasteiger partial charge in [-0.3, -0.25) is 0 Å². The van der Waals surface area contributed by atoms with E-state index in [1.807, 2.05) is 0 Å². The molecule has 0 saturated heterocycles. The highest BCUT2D eigenvalue weighted by Gasteiger charge is 2.46. The summed E-state index contributed by atoms with van der Waals surface area (Å²) in [5.74, 6) is 0. The van der Waals surface area contributed by atoms with E-state index in [-0.39, 0.29) is 10.8 Å². The van der Waals surface area contributed by atoms with Gasteiger partial charge in [-0.2, -0.15) is 0 Å². The third-order valence-corrected chi connectivity index (χ3v) is 19.0. The number of rotatable bonds is 7. The molecular weight excluding hydrogens is 975 g/mol. The van der Waals surface area contributed by atoms with Crippen LogP contribution in [-0.2, 0) is 16.2 Å². The molecule has 0 atom stereocenters. The van der Waals surface area contributed by atoms with E-state index in [4.69, 9.17) is 0 Å². The molecule has 0 radical (unpaired) electrons. The van der Waals surface area contributed by atoms with E-state index in [1.165, 1.54) is 138 Å². The van der Waals surface area contributed by atoms with E-state index < -0.39 is 5.41 Å². The summed E-state index contributed by atoms with van der Waals surface area (Å²) in [5, 5.41) is 7.39. The summed E-state index contributed by atoms with van der Waals surface area (Å²) < 4.78 is 0. The second-order valence-electron chi connectivity index (χ2n) is 24.0. The molecule has 0 unspecified atom stereocenters. The Morgan fingerprint density at radius 3 is 1.23 bits per heavy atom. The Morgan fingerprint density at radius 2 is 0.654 bits per heavy atom. The number of fused-ring (bicyclic) bond motifs is 12. The van der Waals surface area contributed by atoms with Gasteiger partial charge >= 0.3 is 0 Å². The van der Waals surface area contributed by atoms with Gasteiger partial charge in [0, 0.05) is 27.9 Å². The maximum absolute atomic E-state index is 2.50. The number of hydrogen-bond donors (Lipinski definition) is 0. The molecule has 0 heterocycles. The van der Waals surface area contributed by atoms with Gasteiger partial charge in [-0.05, 0) is 182 Å². The lowest BCUT2D eigenvalue weighted by molar-refractivity contribution is 0.659. The quantitative estimate of drug-likeness (QED) is 0.144. The molecule has 1 heteroatoms. The largest absolute Gasteiger partial charge is 0.310 e. The highest BCUT2D eigenvalue weighted by Crippen LogP contribution is 2.58. The van der Waals surface area contributed by atoms with Gasteiger partial charge in [-0.1, -0.05) is 258 Å². The first-order chi connectivity index (χ1) is 39.6. The smallest absolute Gasteiger partial charge is 0.0713 e. The molecule has 13 aromatic carbocycles. The Kier molecular flexibility index (Phi) is 10.2. The minimum absolute atomic E-state index is 0.133. The van der Waals surface area contributed by atoms with Gasteiger partial charge in [0.2, 0.25) is 0 Å². The summed E-state index contributed by atoms with van der Waals surface area (Å²) in [5.41, 5.74) is 27.6. The van der Waals surface area contributed by atoms with Gasteiger partial charge in [0.05, 0.1) is 5.41 Å². The topological polar surface area (TPSA) is 3.24 Å². The van der Waals surface area contributed by atoms with Crippen LogP contribution in [0.1, 0.15) is 77.8 Å². The predicted molar refractivity (Wildman–Crippen MR) is 342 cm³/mol. The first kappa shape index (κ1) is 47.4. The highest BCUT2D eigenvalue weighted by atomic mass is 15.1. The summed E-state index contributed by atoms with van der Waals surface area (Å²) in [6, 6.07) is 101. The normalized spacial score (nSPS) is 14.5. The van der Waals surface area contributed by atoms with Crippen LogP contribution >= 0.6 is 0 Å². The monoisotopic (exact) mass is 1030 g/mol. The zero-order chi connectivity index (χ0) is 54.4. The van der Waals surface area contributed by atoms with Crippen molar-refractivity contribution < 1.29 is 0 Å². The lowest BCUT2D eigenvalue weighted by atomic mass is 9.67. The van der Waals surface area contributed by atoms with Crippen LogP contribution in [0.5, 0.6) is 0 Å². The Labute approximate surface area is 475 Å². The Balaban J connectivity index is 0.820. The second kappa shape index (κ2) is 17.5. The number of hydrogen-bond acceptors (Lipinski definition) is 1. The molecule has 0 spiro atoms. The Hall–Kier alpha value is -9.56. The fraction of sp³-hybridized carbons (Fsp3) is 0.100. The molecule has 0 amide bonds. The maximum atomic E-state index is 2.50. The summed E-state index contributed by atoms with van der Waals surface area (Å²) in [7, 11) is 0. The van der Waals surface area contributed by atoms with Crippen molar-refractivity contribution >= 4 is 49.4 Å². The maximum Gasteiger partial charge on any atom is 0.0713 e. The minimum atomic E-state index is -0.451. The zero-order valence-corrected chi connectivity index (χ0v) is 46.4. The average Bonchev–Trinajstić information content (AvgIpc) is 4.20. The van der Waals surface area contributed by atoms with Crippen LogP contribution in [0.4, 0.5) is 17.1 Å². The third kappa shape index (κ3) is 6.79. The van der Waals surface area contributed by atoms with Crippen LogP contribution < -0.4 is 4.90 Å². The number of aryl methyl sites for hydroxylation is 1. The van der Waals surface area contributed by atoms with Crippen LogP contribution in [-0.4, -0.2) is 0 Å². The van der Waals surface area contributed by atoms with E-state index in [0.29, 0.717) is 0 Å². The highest BCUT2D eigenvalue weighted by molar-refractivity contribution is 6.22. The Morgan fingerprint density at radius 1 is 0.272 bits per heavy atom. The summed E-state index contributed by atoms with van der Waals surface area (Å²) in [6.07, 6.45) is 0. The SMILES string of the molecule is Cc1ccc2c(c1)C(C)(C)c1cc(N(c3ccc4c(c3)C(C)(C)c3ccccc3-4)c3ccc4cc(-c5c6ccccc6c(-c6ccc(C7(c8ccccc8)c8ccccc8-c8ccccc87)cc6)c6ccccc56)ccc4c3)ccc1-2. The molecule has 13 aromatic rings. The van der Waals surface area contributed by atoms with E-state index in [9.17, 15) is 0 Å². The van der Waals surface area contributed by atoms with Crippen LogP contribution in [0.2, 0.25) is 0 Å². The van der Waals surface area contributed by atoms with Crippen molar-refractivity contribution in [2.45, 2.75) is 50.9 Å². The summed E-state index contributed by atoms with van der Waals surface area (Å²) >= 11 is 0. The van der Waals surface area contributed by atoms with Crippen LogP contribution in [0, 0.1) is 6.92 Å². The zero-order valence-electron chi connectivity index (χ0n) is 46.4. The van der Waals surface area contributed by atoms with Crippen molar-refractivity contribution in [2.24, 2.45) is 0 Å². The molecule has 16 rings (SSSR count). The predicted octanol–water partition coefficient (Wildman–Crippen LogP) is 21.2. The lowest BCUT2D eigenvalue weighted by Gasteiger charge is -2.34. The third-order valence-electron chi connectivity index (χ3n) is 19.0. The van der Waals surface area contributed by atoms with Crippen molar-refractivity contribution in [2.75, 3.05) is 4.90 Å². The number of nitrogens with zero attached hydrogens (tertiary/aromatic N) is 1. The molecule has 384 valence electrons.